The van der Waals surface area contributed by atoms with Crippen molar-refractivity contribution in [1.82, 2.24) is 4.57 Å². The van der Waals surface area contributed by atoms with Gasteiger partial charge in [-0.05, 0) is 55.5 Å². The van der Waals surface area contributed by atoms with E-state index >= 15 is 0 Å². The van der Waals surface area contributed by atoms with Gasteiger partial charge in [0, 0.05) is 18.8 Å². The van der Waals surface area contributed by atoms with Gasteiger partial charge in [-0.2, -0.15) is 0 Å². The zero-order valence-electron chi connectivity index (χ0n) is 12.2. The van der Waals surface area contributed by atoms with E-state index in [0.29, 0.717) is 12.3 Å². The minimum absolute atomic E-state index is 0.0250. The number of rotatable bonds is 3. The molecule has 0 radical (unpaired) electrons. The van der Waals surface area contributed by atoms with Crippen LogP contribution < -0.4 is 10.9 Å². The average Bonchev–Trinajstić information content (AvgIpc) is 2.49. The Morgan fingerprint density at radius 2 is 2.19 bits per heavy atom. The molecule has 0 fully saturated rings. The van der Waals surface area contributed by atoms with Gasteiger partial charge in [0.05, 0.1) is 11.7 Å². The molecule has 1 aromatic heterocycles. The van der Waals surface area contributed by atoms with Crippen LogP contribution in [0.15, 0.2) is 41.3 Å². The molecule has 0 spiro atoms. The Balaban J connectivity index is 1.88. The number of benzene rings is 1. The van der Waals surface area contributed by atoms with E-state index in [1.807, 2.05) is 31.3 Å². The van der Waals surface area contributed by atoms with Crippen LogP contribution in [0.5, 0.6) is 5.75 Å². The first-order chi connectivity index (χ1) is 10.2. The van der Waals surface area contributed by atoms with E-state index in [1.54, 1.807) is 16.7 Å². The molecule has 0 bridgehead atoms. The highest BCUT2D eigenvalue weighted by Crippen LogP contribution is 2.34. The lowest BCUT2D eigenvalue weighted by atomic mass is 9.87. The lowest BCUT2D eigenvalue weighted by molar-refractivity contribution is 0.472. The van der Waals surface area contributed by atoms with Crippen LogP contribution in [0.4, 0.5) is 5.69 Å². The zero-order chi connectivity index (χ0) is 14.8. The molecular formula is C17H20N2O2. The fourth-order valence-corrected chi connectivity index (χ4v) is 3.02. The predicted octanol–water partition coefficient (Wildman–Crippen LogP) is 3.06. The van der Waals surface area contributed by atoms with Crippen LogP contribution in [0.1, 0.15) is 36.9 Å². The second kappa shape index (κ2) is 5.64. The molecule has 1 aliphatic carbocycles. The van der Waals surface area contributed by atoms with Crippen molar-refractivity contribution in [3.8, 4) is 5.75 Å². The highest BCUT2D eigenvalue weighted by Gasteiger charge is 2.20. The van der Waals surface area contributed by atoms with Crippen molar-refractivity contribution in [3.05, 3.63) is 58.0 Å². The second-order valence-corrected chi connectivity index (χ2v) is 5.51. The van der Waals surface area contributed by atoms with E-state index in [-0.39, 0.29) is 11.6 Å². The molecule has 0 saturated heterocycles. The van der Waals surface area contributed by atoms with Crippen molar-refractivity contribution >= 4 is 5.69 Å². The topological polar surface area (TPSA) is 54.3 Å². The van der Waals surface area contributed by atoms with Gasteiger partial charge in [-0.1, -0.05) is 6.07 Å². The lowest BCUT2D eigenvalue weighted by Crippen LogP contribution is -2.21. The van der Waals surface area contributed by atoms with E-state index in [9.17, 15) is 9.90 Å². The molecule has 0 amide bonds. The number of aryl methyl sites for hydroxylation is 2. The Kier molecular flexibility index (Phi) is 3.69. The molecule has 4 heteroatoms. The molecule has 4 nitrogen and oxygen atoms in total. The first kappa shape index (κ1) is 13.7. The fourth-order valence-electron chi connectivity index (χ4n) is 3.02. The van der Waals surface area contributed by atoms with E-state index < -0.39 is 0 Å². The molecule has 2 aromatic rings. The Bertz CT molecular complexity index is 706. The summed E-state index contributed by atoms with van der Waals surface area (Å²) >= 11 is 0. The minimum atomic E-state index is 0.0250. The summed E-state index contributed by atoms with van der Waals surface area (Å²) in [6.07, 6.45) is 5.04. The van der Waals surface area contributed by atoms with Crippen molar-refractivity contribution in [2.24, 2.45) is 0 Å². The summed E-state index contributed by atoms with van der Waals surface area (Å²) in [6.45, 7) is 2.63. The van der Waals surface area contributed by atoms with Gasteiger partial charge in [0.25, 0.3) is 5.56 Å². The number of aromatic hydroxyl groups is 1. The number of phenolic OH excluding ortho intramolecular Hbond substituents is 1. The van der Waals surface area contributed by atoms with E-state index in [4.69, 9.17) is 0 Å². The van der Waals surface area contributed by atoms with E-state index in [1.165, 1.54) is 11.1 Å². The maximum Gasteiger partial charge on any atom is 0.250 e. The molecule has 21 heavy (non-hydrogen) atoms. The van der Waals surface area contributed by atoms with Crippen LogP contribution in [0, 0.1) is 0 Å². The molecule has 1 atom stereocenters. The molecule has 1 aliphatic rings. The third-order valence-corrected chi connectivity index (χ3v) is 4.11. The Morgan fingerprint density at radius 1 is 1.33 bits per heavy atom. The van der Waals surface area contributed by atoms with Crippen LogP contribution >= 0.6 is 0 Å². The molecule has 1 unspecified atom stereocenters. The summed E-state index contributed by atoms with van der Waals surface area (Å²) in [6, 6.07) is 9.27. The zero-order valence-corrected chi connectivity index (χ0v) is 12.2. The summed E-state index contributed by atoms with van der Waals surface area (Å²) in [7, 11) is 0. The van der Waals surface area contributed by atoms with E-state index in [2.05, 4.69) is 5.32 Å². The van der Waals surface area contributed by atoms with E-state index in [0.717, 1.165) is 24.9 Å². The van der Waals surface area contributed by atoms with Crippen molar-refractivity contribution in [2.75, 3.05) is 5.32 Å². The first-order valence-corrected chi connectivity index (χ1v) is 7.46. The van der Waals surface area contributed by atoms with Gasteiger partial charge < -0.3 is 15.0 Å². The van der Waals surface area contributed by atoms with Gasteiger partial charge in [0.1, 0.15) is 5.75 Å². The maximum atomic E-state index is 11.6. The molecule has 0 saturated carbocycles. The number of hydrogen-bond acceptors (Lipinski definition) is 3. The molecule has 1 aromatic carbocycles. The van der Waals surface area contributed by atoms with Crippen molar-refractivity contribution in [3.63, 3.8) is 0 Å². The summed E-state index contributed by atoms with van der Waals surface area (Å²) in [5.74, 6) is 0.328. The number of nitrogens with zero attached hydrogens (tertiary/aromatic N) is 1. The predicted molar refractivity (Wildman–Crippen MR) is 83.8 cm³/mol. The number of phenols is 1. The van der Waals surface area contributed by atoms with Gasteiger partial charge in [-0.3, -0.25) is 4.79 Å². The summed E-state index contributed by atoms with van der Waals surface area (Å²) in [4.78, 5) is 11.6. The largest absolute Gasteiger partial charge is 0.508 e. The number of aromatic nitrogens is 1. The van der Waals surface area contributed by atoms with Crippen LogP contribution in [-0.2, 0) is 13.0 Å². The van der Waals surface area contributed by atoms with Gasteiger partial charge >= 0.3 is 0 Å². The third-order valence-electron chi connectivity index (χ3n) is 4.11. The van der Waals surface area contributed by atoms with Crippen molar-refractivity contribution in [1.29, 1.82) is 0 Å². The fraction of sp³-hybridized carbons (Fsp3) is 0.353. The first-order valence-electron chi connectivity index (χ1n) is 7.46. The highest BCUT2D eigenvalue weighted by atomic mass is 16.3. The van der Waals surface area contributed by atoms with Crippen LogP contribution in [0.25, 0.3) is 0 Å². The molecule has 0 aliphatic heterocycles. The number of nitrogens with one attached hydrogen (secondary N) is 1. The molecule has 3 rings (SSSR count). The summed E-state index contributed by atoms with van der Waals surface area (Å²) < 4.78 is 1.70. The molecule has 110 valence electrons. The SMILES string of the molecule is CCn1cc(NC2CCCc3cc(O)ccc32)ccc1=O. The monoisotopic (exact) mass is 284 g/mol. The Labute approximate surface area is 124 Å². The maximum absolute atomic E-state index is 11.6. The van der Waals surface area contributed by atoms with Gasteiger partial charge in [-0.15, -0.1) is 0 Å². The minimum Gasteiger partial charge on any atom is -0.508 e. The number of anilines is 1. The number of pyridine rings is 1. The smallest absolute Gasteiger partial charge is 0.250 e. The van der Waals surface area contributed by atoms with Crippen molar-refractivity contribution < 1.29 is 5.11 Å². The van der Waals surface area contributed by atoms with Gasteiger partial charge in [-0.25, -0.2) is 0 Å². The second-order valence-electron chi connectivity index (χ2n) is 5.51. The van der Waals surface area contributed by atoms with Crippen LogP contribution in [0.3, 0.4) is 0 Å². The van der Waals surface area contributed by atoms with Gasteiger partial charge in [0.2, 0.25) is 0 Å². The third kappa shape index (κ3) is 2.79. The van der Waals surface area contributed by atoms with Crippen molar-refractivity contribution in [2.45, 2.75) is 38.8 Å². The average molecular weight is 284 g/mol. The number of fused-ring (bicyclic) bond motifs is 1. The summed E-state index contributed by atoms with van der Waals surface area (Å²) in [5.41, 5.74) is 3.44. The molecule has 1 heterocycles. The van der Waals surface area contributed by atoms with Crippen LogP contribution in [0.2, 0.25) is 0 Å². The number of hydrogen-bond donors (Lipinski definition) is 2. The quantitative estimate of drug-likeness (QED) is 0.910. The van der Waals surface area contributed by atoms with Gasteiger partial charge in [0.15, 0.2) is 0 Å². The standard InChI is InChI=1S/C17H20N2O2/c1-2-19-11-13(6-9-17(19)21)18-16-5-3-4-12-10-14(20)7-8-15(12)16/h6-11,16,18,20H,2-5H2,1H3. The normalized spacial score (nSPS) is 17.3. The Hall–Kier alpha value is -2.23. The lowest BCUT2D eigenvalue weighted by Gasteiger charge is -2.27. The molecule has 2 N–H and O–H groups in total. The Morgan fingerprint density at radius 3 is 3.00 bits per heavy atom. The highest BCUT2D eigenvalue weighted by molar-refractivity contribution is 5.47. The summed E-state index contributed by atoms with van der Waals surface area (Å²) in [5, 5.41) is 13.1. The molecular weight excluding hydrogens is 264 g/mol. The van der Waals surface area contributed by atoms with Crippen LogP contribution in [-0.4, -0.2) is 9.67 Å².